The molecule has 0 aliphatic heterocycles. The number of aryl methyl sites for hydroxylation is 1. The molecule has 154 valence electrons. The third-order valence-electron chi connectivity index (χ3n) is 5.11. The van der Waals surface area contributed by atoms with Gasteiger partial charge in [-0.15, -0.1) is 0 Å². The van der Waals surface area contributed by atoms with E-state index in [0.29, 0.717) is 33.3 Å². The van der Waals surface area contributed by atoms with Gasteiger partial charge in [-0.3, -0.25) is 5.43 Å². The zero-order valence-electron chi connectivity index (χ0n) is 16.7. The number of aromatic nitrogens is 5. The number of nitrogens with two attached hydrogens (primary N) is 1. The molecule has 0 saturated carbocycles. The molecule has 3 N–H and O–H groups in total. The Balaban J connectivity index is 1.84. The Morgan fingerprint density at radius 2 is 1.75 bits per heavy atom. The van der Waals surface area contributed by atoms with Crippen LogP contribution in [-0.4, -0.2) is 24.2 Å². The smallest absolute Gasteiger partial charge is 0.181 e. The van der Waals surface area contributed by atoms with E-state index in [1.54, 1.807) is 18.2 Å². The van der Waals surface area contributed by atoms with Gasteiger partial charge in [0.1, 0.15) is 29.3 Å². The molecule has 0 saturated heterocycles. The highest BCUT2D eigenvalue weighted by atomic mass is 35.5. The number of anilines is 2. The molecule has 9 nitrogen and oxygen atoms in total. The Bertz CT molecular complexity index is 1620. The summed E-state index contributed by atoms with van der Waals surface area (Å²) in [6.45, 7) is 0. The van der Waals surface area contributed by atoms with Crippen molar-refractivity contribution < 1.29 is 0 Å². The van der Waals surface area contributed by atoms with Gasteiger partial charge < -0.3 is 10.3 Å². The molecular formula is C22H14ClN9. The Morgan fingerprint density at radius 1 is 1.00 bits per heavy atom. The summed E-state index contributed by atoms with van der Waals surface area (Å²) in [5.41, 5.74) is 13.1. The Hall–Kier alpha value is -4.60. The highest BCUT2D eigenvalue weighted by molar-refractivity contribution is 6.30. The summed E-state index contributed by atoms with van der Waals surface area (Å²) in [6, 6.07) is 18.6. The van der Waals surface area contributed by atoms with Crippen molar-refractivity contribution >= 4 is 45.3 Å². The van der Waals surface area contributed by atoms with Crippen LogP contribution in [0, 0.1) is 22.7 Å². The summed E-state index contributed by atoms with van der Waals surface area (Å²) in [5, 5.41) is 19.5. The van der Waals surface area contributed by atoms with Crippen LogP contribution in [0.4, 0.5) is 11.5 Å². The molecule has 0 bridgehead atoms. The number of nitrogens with one attached hydrogen (secondary N) is 1. The number of nitrogens with zero attached hydrogens (tertiary/aromatic N) is 7. The van der Waals surface area contributed by atoms with E-state index in [9.17, 15) is 10.5 Å². The standard InChI is InChI=1S/C22H14ClN9/c1-31-17-8-3-2-7-14(17)28-21(31)18-19-22(29-16(11-25)15(10-24)27-19)32(20(18)26)30-13-6-4-5-12(23)9-13/h2-9,30H,26H2,1H3. The topological polar surface area (TPSA) is 134 Å². The third-order valence-corrected chi connectivity index (χ3v) is 5.35. The van der Waals surface area contributed by atoms with Crippen LogP contribution in [0.25, 0.3) is 33.6 Å². The zero-order valence-corrected chi connectivity index (χ0v) is 17.5. The summed E-state index contributed by atoms with van der Waals surface area (Å²) in [6.07, 6.45) is 0. The van der Waals surface area contributed by atoms with Gasteiger partial charge in [0.25, 0.3) is 0 Å². The fourth-order valence-electron chi connectivity index (χ4n) is 3.64. The van der Waals surface area contributed by atoms with Crippen LogP contribution in [-0.2, 0) is 7.05 Å². The average Bonchev–Trinajstić information content (AvgIpc) is 3.26. The molecule has 5 aromatic rings. The fraction of sp³-hybridized carbons (Fsp3) is 0.0455. The van der Waals surface area contributed by atoms with Crippen LogP contribution in [0.15, 0.2) is 48.5 Å². The zero-order chi connectivity index (χ0) is 22.4. The first-order valence-electron chi connectivity index (χ1n) is 9.48. The predicted octanol–water partition coefficient (Wildman–Crippen LogP) is 3.84. The van der Waals surface area contributed by atoms with Crippen LogP contribution in [0.2, 0.25) is 5.02 Å². The van der Waals surface area contributed by atoms with Crippen molar-refractivity contribution in [2.45, 2.75) is 0 Å². The molecule has 0 spiro atoms. The van der Waals surface area contributed by atoms with Gasteiger partial charge >= 0.3 is 0 Å². The number of para-hydroxylation sites is 2. The maximum atomic E-state index is 9.49. The second-order valence-electron chi connectivity index (χ2n) is 7.02. The maximum Gasteiger partial charge on any atom is 0.181 e. The second-order valence-corrected chi connectivity index (χ2v) is 7.45. The first-order valence-corrected chi connectivity index (χ1v) is 9.86. The molecule has 0 atom stereocenters. The van der Waals surface area contributed by atoms with E-state index in [2.05, 4.69) is 15.4 Å². The molecule has 32 heavy (non-hydrogen) atoms. The number of hydrogen-bond donors (Lipinski definition) is 2. The SMILES string of the molecule is Cn1c(-c2c(N)n(Nc3cccc(Cl)c3)c3nc(C#N)c(C#N)nc23)nc2ccccc21. The van der Waals surface area contributed by atoms with Crippen molar-refractivity contribution in [3.63, 3.8) is 0 Å². The minimum Gasteiger partial charge on any atom is -0.383 e. The maximum absolute atomic E-state index is 9.49. The molecule has 0 aliphatic carbocycles. The molecule has 0 amide bonds. The molecule has 3 aromatic heterocycles. The van der Waals surface area contributed by atoms with Gasteiger partial charge in [0.2, 0.25) is 0 Å². The molecule has 10 heteroatoms. The van der Waals surface area contributed by atoms with Gasteiger partial charge in [-0.25, -0.2) is 19.6 Å². The van der Waals surface area contributed by atoms with Gasteiger partial charge in [0.05, 0.1) is 22.3 Å². The van der Waals surface area contributed by atoms with Crippen molar-refractivity contribution in [1.29, 1.82) is 10.5 Å². The molecule has 0 unspecified atom stereocenters. The van der Waals surface area contributed by atoms with Gasteiger partial charge in [0.15, 0.2) is 17.0 Å². The number of nitrogen functional groups attached to an aromatic ring is 1. The van der Waals surface area contributed by atoms with Gasteiger partial charge in [0, 0.05) is 12.1 Å². The number of halogens is 1. The summed E-state index contributed by atoms with van der Waals surface area (Å²) >= 11 is 6.12. The van der Waals surface area contributed by atoms with E-state index in [1.807, 2.05) is 54.1 Å². The quantitative estimate of drug-likeness (QED) is 0.436. The third kappa shape index (κ3) is 2.88. The van der Waals surface area contributed by atoms with Crippen LogP contribution >= 0.6 is 11.6 Å². The minimum atomic E-state index is -0.0943. The van der Waals surface area contributed by atoms with E-state index in [4.69, 9.17) is 22.3 Å². The number of imidazole rings is 1. The first kappa shape index (κ1) is 19.4. The van der Waals surface area contributed by atoms with Crippen molar-refractivity contribution in [2.75, 3.05) is 11.2 Å². The number of benzene rings is 2. The van der Waals surface area contributed by atoms with Crippen LogP contribution in [0.1, 0.15) is 11.4 Å². The molecule has 2 aromatic carbocycles. The number of hydrogen-bond acceptors (Lipinski definition) is 7. The van der Waals surface area contributed by atoms with Crippen molar-refractivity contribution in [2.24, 2.45) is 7.05 Å². The van der Waals surface area contributed by atoms with Crippen LogP contribution < -0.4 is 11.2 Å². The van der Waals surface area contributed by atoms with Crippen molar-refractivity contribution in [3.8, 4) is 23.5 Å². The van der Waals surface area contributed by atoms with E-state index in [0.717, 1.165) is 11.0 Å². The predicted molar refractivity (Wildman–Crippen MR) is 122 cm³/mol. The fourth-order valence-corrected chi connectivity index (χ4v) is 3.83. The average molecular weight is 440 g/mol. The van der Waals surface area contributed by atoms with Crippen LogP contribution in [0.5, 0.6) is 0 Å². The lowest BCUT2D eigenvalue weighted by molar-refractivity contribution is 0.956. The van der Waals surface area contributed by atoms with E-state index >= 15 is 0 Å². The lowest BCUT2D eigenvalue weighted by Gasteiger charge is -2.11. The number of fused-ring (bicyclic) bond motifs is 2. The number of nitriles is 2. The Morgan fingerprint density at radius 3 is 2.47 bits per heavy atom. The summed E-state index contributed by atoms with van der Waals surface area (Å²) < 4.78 is 3.42. The highest BCUT2D eigenvalue weighted by Crippen LogP contribution is 2.36. The second kappa shape index (κ2) is 7.27. The molecule has 3 heterocycles. The molecule has 0 aliphatic rings. The van der Waals surface area contributed by atoms with Gasteiger partial charge in [-0.2, -0.15) is 10.5 Å². The Kier molecular flexibility index (Phi) is 4.40. The normalized spacial score (nSPS) is 10.9. The summed E-state index contributed by atoms with van der Waals surface area (Å²) in [7, 11) is 1.87. The van der Waals surface area contributed by atoms with Crippen LogP contribution in [0.3, 0.4) is 0 Å². The highest BCUT2D eigenvalue weighted by Gasteiger charge is 2.25. The van der Waals surface area contributed by atoms with Gasteiger partial charge in [-0.05, 0) is 30.3 Å². The lowest BCUT2D eigenvalue weighted by atomic mass is 10.2. The first-order chi connectivity index (χ1) is 15.5. The monoisotopic (exact) mass is 439 g/mol. The van der Waals surface area contributed by atoms with E-state index in [1.165, 1.54) is 4.68 Å². The minimum absolute atomic E-state index is 0.0834. The van der Waals surface area contributed by atoms with E-state index < -0.39 is 0 Å². The molecule has 5 rings (SSSR count). The molecular weight excluding hydrogens is 426 g/mol. The van der Waals surface area contributed by atoms with E-state index in [-0.39, 0.29) is 17.2 Å². The summed E-state index contributed by atoms with van der Waals surface area (Å²) in [4.78, 5) is 13.5. The van der Waals surface area contributed by atoms with Crippen molar-refractivity contribution in [3.05, 3.63) is 64.9 Å². The largest absolute Gasteiger partial charge is 0.383 e. The molecule has 0 fully saturated rings. The molecule has 0 radical (unpaired) electrons. The lowest BCUT2D eigenvalue weighted by Crippen LogP contribution is -2.13. The number of rotatable bonds is 3. The summed E-state index contributed by atoms with van der Waals surface area (Å²) in [5.74, 6) is 0.834. The van der Waals surface area contributed by atoms with Crippen molar-refractivity contribution in [1.82, 2.24) is 24.2 Å². The van der Waals surface area contributed by atoms with Gasteiger partial charge in [-0.1, -0.05) is 29.8 Å². The Labute approximate surface area is 186 Å².